The van der Waals surface area contributed by atoms with Crippen LogP contribution >= 0.6 is 11.6 Å². The molecule has 1 aliphatic rings. The third-order valence-corrected chi connectivity index (χ3v) is 6.62. The van der Waals surface area contributed by atoms with Gasteiger partial charge in [0.2, 0.25) is 0 Å². The van der Waals surface area contributed by atoms with E-state index in [9.17, 15) is 10.1 Å². The Balaban J connectivity index is 1.68. The van der Waals surface area contributed by atoms with Gasteiger partial charge in [-0.25, -0.2) is 4.68 Å². The van der Waals surface area contributed by atoms with Crippen molar-refractivity contribution >= 4 is 23.6 Å². The molecule has 186 valence electrons. The second-order valence-corrected chi connectivity index (χ2v) is 9.45. The molecule has 1 saturated carbocycles. The average molecular weight is 503 g/mol. The molecule has 1 amide bonds. The highest BCUT2D eigenvalue weighted by molar-refractivity contribution is 6.32. The van der Waals surface area contributed by atoms with Crippen LogP contribution in [0.15, 0.2) is 60.3 Å². The van der Waals surface area contributed by atoms with Gasteiger partial charge < -0.3 is 10.1 Å². The highest BCUT2D eigenvalue weighted by Gasteiger charge is 2.20. The van der Waals surface area contributed by atoms with Crippen molar-refractivity contribution in [3.63, 3.8) is 0 Å². The van der Waals surface area contributed by atoms with Crippen molar-refractivity contribution in [1.29, 1.82) is 5.26 Å². The van der Waals surface area contributed by atoms with E-state index in [1.807, 2.05) is 54.7 Å². The monoisotopic (exact) mass is 502 g/mol. The summed E-state index contributed by atoms with van der Waals surface area (Å²) in [6, 6.07) is 17.5. The van der Waals surface area contributed by atoms with Crippen LogP contribution in [0.3, 0.4) is 0 Å². The Morgan fingerprint density at radius 3 is 2.69 bits per heavy atom. The van der Waals surface area contributed by atoms with Crippen molar-refractivity contribution in [3.8, 4) is 28.8 Å². The molecule has 7 heteroatoms. The summed E-state index contributed by atoms with van der Waals surface area (Å²) in [6.45, 7) is 2.71. The predicted molar refractivity (Wildman–Crippen MR) is 143 cm³/mol. The number of carbonyl (C=O) groups is 1. The maximum atomic E-state index is 12.9. The fourth-order valence-corrected chi connectivity index (χ4v) is 4.57. The van der Waals surface area contributed by atoms with E-state index in [4.69, 9.17) is 21.4 Å². The fraction of sp³-hybridized carbons (Fsp3) is 0.345. The number of nitrogens with zero attached hydrogens (tertiary/aromatic N) is 3. The van der Waals surface area contributed by atoms with Crippen molar-refractivity contribution in [2.75, 3.05) is 6.61 Å². The minimum Gasteiger partial charge on any atom is -0.492 e. The Bertz CT molecular complexity index is 1250. The lowest BCUT2D eigenvalue weighted by molar-refractivity contribution is -0.117. The number of benzene rings is 2. The number of unbranched alkanes of at least 4 members (excludes halogenated alkanes) is 1. The Morgan fingerprint density at radius 2 is 2.00 bits per heavy atom. The van der Waals surface area contributed by atoms with Gasteiger partial charge in [0.05, 0.1) is 17.3 Å². The van der Waals surface area contributed by atoms with Crippen LogP contribution in [0.1, 0.15) is 57.4 Å². The zero-order valence-electron chi connectivity index (χ0n) is 20.5. The molecule has 0 spiro atoms. The van der Waals surface area contributed by atoms with Crippen molar-refractivity contribution in [1.82, 2.24) is 15.1 Å². The highest BCUT2D eigenvalue weighted by atomic mass is 35.5. The van der Waals surface area contributed by atoms with E-state index in [-0.39, 0.29) is 17.5 Å². The molecule has 2 aromatic carbocycles. The van der Waals surface area contributed by atoms with Crippen molar-refractivity contribution in [3.05, 3.63) is 70.9 Å². The molecule has 0 bridgehead atoms. The maximum absolute atomic E-state index is 12.9. The summed E-state index contributed by atoms with van der Waals surface area (Å²) in [5.74, 6) is 0.276. The minimum atomic E-state index is -0.347. The summed E-state index contributed by atoms with van der Waals surface area (Å²) in [5.41, 5.74) is 2.98. The molecule has 0 saturated heterocycles. The Kier molecular flexibility index (Phi) is 8.80. The summed E-state index contributed by atoms with van der Waals surface area (Å²) >= 11 is 6.53. The smallest absolute Gasteiger partial charge is 0.262 e. The van der Waals surface area contributed by atoms with Crippen LogP contribution in [-0.2, 0) is 4.79 Å². The van der Waals surface area contributed by atoms with Crippen LogP contribution in [0.4, 0.5) is 0 Å². The number of amides is 1. The van der Waals surface area contributed by atoms with Crippen molar-refractivity contribution in [2.24, 2.45) is 0 Å². The van der Waals surface area contributed by atoms with Crippen LogP contribution in [-0.4, -0.2) is 28.3 Å². The van der Waals surface area contributed by atoms with Crippen LogP contribution in [0.25, 0.3) is 23.0 Å². The van der Waals surface area contributed by atoms with Gasteiger partial charge in [-0.2, -0.15) is 10.4 Å². The van der Waals surface area contributed by atoms with Crippen LogP contribution in [0.5, 0.6) is 5.75 Å². The third kappa shape index (κ3) is 6.35. The standard InChI is InChI=1S/C29H31ClN4O2/c1-2-3-16-36-27-15-14-21(18-26(27)30)28-23(20-34(33-28)25-12-8-5-9-13-25)17-22(19-31)29(35)32-24-10-6-4-7-11-24/h5,8-9,12-15,17-18,20,24H,2-4,6-7,10-11,16H2,1H3,(H,32,35)/b22-17-. The lowest BCUT2D eigenvalue weighted by Crippen LogP contribution is -2.36. The lowest BCUT2D eigenvalue weighted by atomic mass is 9.95. The van der Waals surface area contributed by atoms with Gasteiger partial charge in [0.1, 0.15) is 23.1 Å². The van der Waals surface area contributed by atoms with Gasteiger partial charge in [-0.15, -0.1) is 0 Å². The molecule has 6 nitrogen and oxygen atoms in total. The first kappa shape index (κ1) is 25.5. The molecule has 1 aromatic heterocycles. The maximum Gasteiger partial charge on any atom is 0.262 e. The molecule has 0 unspecified atom stereocenters. The first-order valence-electron chi connectivity index (χ1n) is 12.6. The first-order chi connectivity index (χ1) is 17.6. The van der Waals surface area contributed by atoms with Gasteiger partial charge in [-0.1, -0.05) is 62.4 Å². The molecule has 4 rings (SSSR count). The number of hydrogen-bond donors (Lipinski definition) is 1. The van der Waals surface area contributed by atoms with Gasteiger partial charge in [-0.3, -0.25) is 4.79 Å². The molecule has 0 radical (unpaired) electrons. The second-order valence-electron chi connectivity index (χ2n) is 9.04. The SMILES string of the molecule is CCCCOc1ccc(-c2nn(-c3ccccc3)cc2/C=C(/C#N)C(=O)NC2CCCCC2)cc1Cl. The van der Waals surface area contributed by atoms with E-state index in [0.29, 0.717) is 28.6 Å². The zero-order valence-corrected chi connectivity index (χ0v) is 21.3. The van der Waals surface area contributed by atoms with E-state index in [1.54, 1.807) is 10.8 Å². The van der Waals surface area contributed by atoms with Crippen LogP contribution in [0, 0.1) is 11.3 Å². The van der Waals surface area contributed by atoms with Crippen molar-refractivity contribution < 1.29 is 9.53 Å². The summed E-state index contributed by atoms with van der Waals surface area (Å²) in [7, 11) is 0. The van der Waals surface area contributed by atoms with Gasteiger partial charge >= 0.3 is 0 Å². The number of nitrogens with one attached hydrogen (secondary N) is 1. The lowest BCUT2D eigenvalue weighted by Gasteiger charge is -2.22. The number of rotatable bonds is 9. The Labute approximate surface area is 217 Å². The molecule has 3 aromatic rings. The fourth-order valence-electron chi connectivity index (χ4n) is 4.34. The molecule has 0 atom stereocenters. The van der Waals surface area contributed by atoms with Crippen LogP contribution < -0.4 is 10.1 Å². The zero-order chi connectivity index (χ0) is 25.3. The normalized spacial score (nSPS) is 14.3. The Morgan fingerprint density at radius 1 is 1.22 bits per heavy atom. The second kappa shape index (κ2) is 12.4. The van der Waals surface area contributed by atoms with E-state index >= 15 is 0 Å². The number of para-hydroxylation sites is 1. The number of ether oxygens (including phenoxy) is 1. The van der Waals surface area contributed by atoms with Gasteiger partial charge in [0, 0.05) is 23.4 Å². The molecule has 1 fully saturated rings. The van der Waals surface area contributed by atoms with Gasteiger partial charge in [0.25, 0.3) is 5.91 Å². The van der Waals surface area contributed by atoms with E-state index in [2.05, 4.69) is 18.3 Å². The summed E-state index contributed by atoms with van der Waals surface area (Å²) < 4.78 is 7.54. The topological polar surface area (TPSA) is 79.9 Å². The first-order valence-corrected chi connectivity index (χ1v) is 13.0. The molecule has 36 heavy (non-hydrogen) atoms. The summed E-state index contributed by atoms with van der Waals surface area (Å²) in [5, 5.41) is 18.1. The molecular formula is C29H31ClN4O2. The molecule has 1 aliphatic carbocycles. The highest BCUT2D eigenvalue weighted by Crippen LogP contribution is 2.33. The summed E-state index contributed by atoms with van der Waals surface area (Å²) in [4.78, 5) is 12.9. The summed E-state index contributed by atoms with van der Waals surface area (Å²) in [6.07, 6.45) is 10.7. The van der Waals surface area contributed by atoms with E-state index < -0.39 is 0 Å². The molecule has 1 N–H and O–H groups in total. The largest absolute Gasteiger partial charge is 0.492 e. The number of aromatic nitrogens is 2. The third-order valence-electron chi connectivity index (χ3n) is 6.33. The average Bonchev–Trinajstić information content (AvgIpc) is 3.33. The Hall–Kier alpha value is -3.56. The predicted octanol–water partition coefficient (Wildman–Crippen LogP) is 6.73. The van der Waals surface area contributed by atoms with Gasteiger partial charge in [0.15, 0.2) is 0 Å². The van der Waals surface area contributed by atoms with Crippen molar-refractivity contribution in [2.45, 2.75) is 57.9 Å². The van der Waals surface area contributed by atoms with E-state index in [1.165, 1.54) is 6.42 Å². The molecule has 1 heterocycles. The molecular weight excluding hydrogens is 472 g/mol. The van der Waals surface area contributed by atoms with E-state index in [0.717, 1.165) is 49.8 Å². The number of carbonyl (C=O) groups excluding carboxylic acids is 1. The number of halogens is 1. The number of nitriles is 1. The number of hydrogen-bond acceptors (Lipinski definition) is 4. The minimum absolute atomic E-state index is 0.0556. The quantitative estimate of drug-likeness (QED) is 0.200. The molecule has 0 aliphatic heterocycles. The van der Waals surface area contributed by atoms with Crippen LogP contribution in [0.2, 0.25) is 5.02 Å². The van der Waals surface area contributed by atoms with Gasteiger partial charge in [-0.05, 0) is 55.7 Å².